The zero-order chi connectivity index (χ0) is 42.4. The second-order valence-corrected chi connectivity index (χ2v) is 16.9. The molecule has 4 rings (SSSR count). The van der Waals surface area contributed by atoms with Gasteiger partial charge in [0.05, 0.1) is 37.0 Å². The van der Waals surface area contributed by atoms with Crippen molar-refractivity contribution in [3.63, 3.8) is 0 Å². The monoisotopic (exact) mass is 829 g/mol. The molecule has 57 heavy (non-hydrogen) atoms. The molecule has 1 aromatic carbocycles. The third kappa shape index (κ3) is 11.9. The quantitative estimate of drug-likeness (QED) is 0.0436. The Morgan fingerprint density at radius 1 is 1.02 bits per heavy atom. The number of esters is 1. The Morgan fingerprint density at radius 2 is 1.72 bits per heavy atom. The molecule has 0 spiro atoms. The van der Waals surface area contributed by atoms with Gasteiger partial charge in [-0.3, -0.25) is 33.4 Å². The number of hydrogen-bond acceptors (Lipinski definition) is 15. The van der Waals surface area contributed by atoms with Crippen molar-refractivity contribution in [2.24, 2.45) is 11.3 Å². The van der Waals surface area contributed by atoms with Crippen LogP contribution in [0, 0.1) is 11.3 Å². The molecule has 3 heterocycles. The molecule has 3 fully saturated rings. The highest BCUT2D eigenvalue weighted by Crippen LogP contribution is 2.31. The van der Waals surface area contributed by atoms with E-state index in [-0.39, 0.29) is 45.0 Å². The number of aliphatic hydroxyl groups excluding tert-OH is 3. The van der Waals surface area contributed by atoms with E-state index in [1.54, 1.807) is 45.9 Å². The summed E-state index contributed by atoms with van der Waals surface area (Å²) in [5.74, 6) is -5.53. The second kappa shape index (κ2) is 19.0. The molecule has 4 amide bonds. The summed E-state index contributed by atoms with van der Waals surface area (Å²) in [7, 11) is -4.31. The molecule has 318 valence electrons. The highest BCUT2D eigenvalue weighted by atomic mass is 32.2. The van der Waals surface area contributed by atoms with Crippen molar-refractivity contribution >= 4 is 45.7 Å². The fraction of sp³-hybridized carbons (Fsp3) is 0.667. The van der Waals surface area contributed by atoms with Gasteiger partial charge in [0.25, 0.3) is 10.1 Å². The maximum atomic E-state index is 13.5. The summed E-state index contributed by atoms with van der Waals surface area (Å²) in [5, 5.41) is 43.0. The van der Waals surface area contributed by atoms with Crippen molar-refractivity contribution in [1.29, 1.82) is 0 Å². The number of carbonyl (C=O) groups is 6. The van der Waals surface area contributed by atoms with E-state index in [9.17, 15) is 57.6 Å². The summed E-state index contributed by atoms with van der Waals surface area (Å²) in [5.41, 5.74) is 0.201. The molecular weight excluding hydrogens is 778 g/mol. The van der Waals surface area contributed by atoms with Gasteiger partial charge in [0, 0.05) is 24.4 Å². The fourth-order valence-corrected chi connectivity index (χ4v) is 6.80. The Kier molecular flexibility index (Phi) is 15.2. The van der Waals surface area contributed by atoms with E-state index in [0.717, 1.165) is 4.90 Å². The average molecular weight is 830 g/mol. The Morgan fingerprint density at radius 3 is 2.33 bits per heavy atom. The van der Waals surface area contributed by atoms with Crippen LogP contribution in [0.3, 0.4) is 0 Å². The van der Waals surface area contributed by atoms with Crippen LogP contribution < -0.4 is 10.1 Å². The van der Waals surface area contributed by atoms with Crippen LogP contribution in [0.5, 0.6) is 5.75 Å². The van der Waals surface area contributed by atoms with E-state index >= 15 is 0 Å². The molecule has 3 saturated heterocycles. The molecule has 0 aromatic heterocycles. The minimum absolute atomic E-state index is 0.0276. The molecule has 20 nitrogen and oxygen atoms in total. The maximum Gasteiger partial charge on any atom is 0.335 e. The van der Waals surface area contributed by atoms with Crippen LogP contribution in [0.25, 0.3) is 0 Å². The number of aliphatic carboxylic acids is 1. The first-order valence-corrected chi connectivity index (χ1v) is 20.0. The van der Waals surface area contributed by atoms with Crippen molar-refractivity contribution in [3.8, 4) is 5.75 Å². The minimum Gasteiger partial charge on any atom is -0.479 e. The first-order valence-electron chi connectivity index (χ1n) is 18.4. The number of carboxylic acid groups (broad SMARTS) is 1. The number of aliphatic hydroxyl groups is 3. The number of carboxylic acids is 1. The summed E-state index contributed by atoms with van der Waals surface area (Å²) < 4.78 is 53.1. The first-order chi connectivity index (χ1) is 26.6. The van der Waals surface area contributed by atoms with E-state index in [1.165, 1.54) is 4.90 Å². The number of hydrogen-bond donors (Lipinski definition) is 6. The predicted octanol–water partition coefficient (Wildman–Crippen LogP) is -1.25. The molecule has 0 aliphatic carbocycles. The zero-order valence-electron chi connectivity index (χ0n) is 32.1. The van der Waals surface area contributed by atoms with Gasteiger partial charge in [-0.25, -0.2) is 4.79 Å². The lowest BCUT2D eigenvalue weighted by Crippen LogP contribution is -2.61. The number of benzene rings is 1. The molecule has 21 heteroatoms. The van der Waals surface area contributed by atoms with E-state index in [1.807, 2.05) is 0 Å². The number of aryl methyl sites for hydroxylation is 1. The third-order valence-electron chi connectivity index (χ3n) is 9.71. The Balaban J connectivity index is 1.36. The molecule has 0 bridgehead atoms. The van der Waals surface area contributed by atoms with Gasteiger partial charge in [-0.15, -0.1) is 0 Å². The topological polar surface area (TPSA) is 293 Å². The minimum atomic E-state index is -4.31. The lowest BCUT2D eigenvalue weighted by atomic mass is 9.97. The standard InChI is InChI=1S/C36H51N3O17S/c1-19-13-26(41)39(31(19)45)23-15-22(18-53-11-12-57(50,51)52)38(32(23)46)16-25(40)37-10-6-5-7-20-8-9-21(17-54-35(49)36(2,3)4)24(14-20)55-34-29(44)27(42)28(43)30(56-34)33(47)48/h8-9,14,19,22-23,27-30,34,42-44H,5-7,10-13,15-18H2,1-4H3,(H,37,40)(H,47,48)(H,50,51,52)/t19?,22-,23-,27-,28-,29+,30-,34+/m0/s1. The highest BCUT2D eigenvalue weighted by Gasteiger charge is 2.51. The van der Waals surface area contributed by atoms with Crippen molar-refractivity contribution in [1.82, 2.24) is 15.1 Å². The van der Waals surface area contributed by atoms with Crippen molar-refractivity contribution < 1.29 is 81.1 Å². The lowest BCUT2D eigenvalue weighted by molar-refractivity contribution is -0.271. The molecule has 0 saturated carbocycles. The number of imide groups is 1. The predicted molar refractivity (Wildman–Crippen MR) is 193 cm³/mol. The number of ether oxygens (including phenoxy) is 4. The number of amides is 4. The van der Waals surface area contributed by atoms with Crippen molar-refractivity contribution in [2.45, 2.75) is 109 Å². The smallest absolute Gasteiger partial charge is 0.335 e. The number of nitrogens with one attached hydrogen (secondary N) is 1. The normalized spacial score (nSPS) is 26.8. The van der Waals surface area contributed by atoms with E-state index in [0.29, 0.717) is 30.4 Å². The Labute approximate surface area is 329 Å². The van der Waals surface area contributed by atoms with Crippen LogP contribution in [-0.4, -0.2) is 154 Å². The van der Waals surface area contributed by atoms with Gasteiger partial charge in [-0.05, 0) is 58.1 Å². The number of unbranched alkanes of at least 4 members (excludes halogenated alkanes) is 1. The van der Waals surface area contributed by atoms with E-state index < -0.39 is 112 Å². The summed E-state index contributed by atoms with van der Waals surface area (Å²) in [6.07, 6.45) is -7.98. The maximum absolute atomic E-state index is 13.5. The average Bonchev–Trinajstić information content (AvgIpc) is 3.55. The molecule has 1 unspecified atom stereocenters. The lowest BCUT2D eigenvalue weighted by Gasteiger charge is -2.38. The van der Waals surface area contributed by atoms with Crippen molar-refractivity contribution in [2.75, 3.05) is 32.1 Å². The van der Waals surface area contributed by atoms with Gasteiger partial charge < -0.3 is 49.6 Å². The summed E-state index contributed by atoms with van der Waals surface area (Å²) >= 11 is 0. The summed E-state index contributed by atoms with van der Waals surface area (Å²) in [4.78, 5) is 77.9. The third-order valence-corrected chi connectivity index (χ3v) is 10.4. The highest BCUT2D eigenvalue weighted by molar-refractivity contribution is 7.85. The number of carbonyl (C=O) groups excluding carboxylic acids is 5. The van der Waals surface area contributed by atoms with Crippen LogP contribution >= 0.6 is 0 Å². The number of rotatable bonds is 18. The van der Waals surface area contributed by atoms with Crippen LogP contribution in [0.15, 0.2) is 18.2 Å². The van der Waals surface area contributed by atoms with Gasteiger partial charge in [-0.2, -0.15) is 8.42 Å². The summed E-state index contributed by atoms with van der Waals surface area (Å²) in [6, 6.07) is 2.97. The van der Waals surface area contributed by atoms with Gasteiger partial charge in [0.15, 0.2) is 6.10 Å². The number of likely N-dealkylation sites (tertiary alicyclic amines) is 2. The molecule has 3 aliphatic rings. The van der Waals surface area contributed by atoms with E-state index in [2.05, 4.69) is 5.32 Å². The second-order valence-electron chi connectivity index (χ2n) is 15.4. The molecule has 8 atom stereocenters. The molecule has 3 aliphatic heterocycles. The molecule has 0 radical (unpaired) electrons. The Bertz CT molecular complexity index is 1780. The van der Waals surface area contributed by atoms with Gasteiger partial charge in [0.2, 0.25) is 29.9 Å². The zero-order valence-corrected chi connectivity index (χ0v) is 32.9. The van der Waals surface area contributed by atoms with Crippen LogP contribution in [0.1, 0.15) is 64.5 Å². The van der Waals surface area contributed by atoms with Crippen LogP contribution in [0.2, 0.25) is 0 Å². The fourth-order valence-electron chi connectivity index (χ4n) is 6.47. The molecular formula is C36H51N3O17S. The molecule has 1 aromatic rings. The number of nitrogens with zero attached hydrogens (tertiary/aromatic N) is 2. The Hall–Kier alpha value is -4.25. The van der Waals surface area contributed by atoms with Gasteiger partial charge in [-0.1, -0.05) is 19.1 Å². The van der Waals surface area contributed by atoms with Crippen LogP contribution in [-0.2, 0) is 66.1 Å². The SMILES string of the molecule is CC1CC(=O)N([C@H]2C[C@@H](COCCS(=O)(=O)O)N(CC(=O)NCCCCc3ccc(COC(=O)C(C)(C)C)c(O[C@@H]4O[C@H](C(=O)O)[C@@H](O)[C@H](O)[C@H]4O)c3)C2=O)C1=O. The first kappa shape index (κ1) is 45.5. The summed E-state index contributed by atoms with van der Waals surface area (Å²) in [6.45, 7) is 5.47. The van der Waals surface area contributed by atoms with Crippen LogP contribution in [0.4, 0.5) is 0 Å². The van der Waals surface area contributed by atoms with Gasteiger partial charge in [0.1, 0.15) is 36.7 Å². The molecule has 6 N–H and O–H groups in total. The van der Waals surface area contributed by atoms with Gasteiger partial charge >= 0.3 is 11.9 Å². The largest absolute Gasteiger partial charge is 0.479 e. The van der Waals surface area contributed by atoms with E-state index in [4.69, 9.17) is 23.5 Å². The van der Waals surface area contributed by atoms with Crippen molar-refractivity contribution in [3.05, 3.63) is 29.3 Å².